The van der Waals surface area contributed by atoms with Crippen LogP contribution in [0, 0.1) is 6.92 Å². The van der Waals surface area contributed by atoms with Crippen molar-refractivity contribution in [2.75, 3.05) is 50.6 Å². The fourth-order valence-electron chi connectivity index (χ4n) is 3.20. The van der Waals surface area contributed by atoms with Crippen LogP contribution in [0.15, 0.2) is 24.3 Å². The highest BCUT2D eigenvalue weighted by Gasteiger charge is 2.15. The molecule has 2 N–H and O–H groups in total. The maximum Gasteiger partial charge on any atom is 0.251 e. The van der Waals surface area contributed by atoms with E-state index in [1.807, 2.05) is 13.0 Å². The van der Waals surface area contributed by atoms with Crippen LogP contribution in [0.1, 0.15) is 29.0 Å². The fraction of sp³-hybridized carbons (Fsp3) is 0.450. The van der Waals surface area contributed by atoms with Crippen molar-refractivity contribution in [2.24, 2.45) is 0 Å². The Kier molecular flexibility index (Phi) is 6.52. The van der Waals surface area contributed by atoms with Crippen molar-refractivity contribution >= 4 is 17.5 Å². The largest absolute Gasteiger partial charge is 0.493 e. The van der Waals surface area contributed by atoms with Crippen molar-refractivity contribution in [3.05, 3.63) is 35.7 Å². The summed E-state index contributed by atoms with van der Waals surface area (Å²) in [6.45, 7) is 5.00. The summed E-state index contributed by atoms with van der Waals surface area (Å²) in [6, 6.07) is 7.06. The molecule has 0 spiro atoms. The second-order valence-corrected chi connectivity index (χ2v) is 6.61. The molecule has 1 fully saturated rings. The molecule has 0 unspecified atom stereocenters. The van der Waals surface area contributed by atoms with Gasteiger partial charge in [0.25, 0.3) is 5.91 Å². The van der Waals surface area contributed by atoms with Gasteiger partial charge in [-0.15, -0.1) is 0 Å². The van der Waals surface area contributed by atoms with E-state index in [-0.39, 0.29) is 5.91 Å². The first-order valence-electron chi connectivity index (χ1n) is 9.45. The predicted molar refractivity (Wildman–Crippen MR) is 109 cm³/mol. The molecule has 1 aromatic heterocycles. The van der Waals surface area contributed by atoms with E-state index in [0.29, 0.717) is 30.2 Å². The third-order valence-corrected chi connectivity index (χ3v) is 4.62. The van der Waals surface area contributed by atoms with Crippen molar-refractivity contribution in [1.82, 2.24) is 15.3 Å². The van der Waals surface area contributed by atoms with Gasteiger partial charge in [-0.25, -0.2) is 9.97 Å². The average molecular weight is 385 g/mol. The zero-order valence-corrected chi connectivity index (χ0v) is 16.6. The van der Waals surface area contributed by atoms with Crippen molar-refractivity contribution in [2.45, 2.75) is 19.8 Å². The molecule has 3 rings (SSSR count). The Labute approximate surface area is 165 Å². The molecule has 0 aliphatic carbocycles. The van der Waals surface area contributed by atoms with E-state index in [4.69, 9.17) is 9.47 Å². The Balaban J connectivity index is 1.52. The number of nitrogens with one attached hydrogen (secondary N) is 2. The Hall–Kier alpha value is -3.03. The van der Waals surface area contributed by atoms with Crippen LogP contribution in [0.25, 0.3) is 0 Å². The van der Waals surface area contributed by atoms with E-state index in [0.717, 1.165) is 30.5 Å². The smallest absolute Gasteiger partial charge is 0.251 e. The molecule has 8 nitrogen and oxygen atoms in total. The molecule has 0 saturated carbocycles. The van der Waals surface area contributed by atoms with Crippen molar-refractivity contribution in [1.29, 1.82) is 0 Å². The highest BCUT2D eigenvalue weighted by atomic mass is 16.5. The van der Waals surface area contributed by atoms with Crippen LogP contribution in [0.5, 0.6) is 11.5 Å². The van der Waals surface area contributed by atoms with Gasteiger partial charge in [0.05, 0.1) is 14.2 Å². The number of rotatable bonds is 8. The minimum absolute atomic E-state index is 0.167. The molecule has 2 aromatic rings. The number of aromatic nitrogens is 2. The topological polar surface area (TPSA) is 88.6 Å². The molecule has 150 valence electrons. The number of hydrogen-bond acceptors (Lipinski definition) is 7. The van der Waals surface area contributed by atoms with Gasteiger partial charge in [-0.3, -0.25) is 4.79 Å². The molecule has 1 amide bonds. The van der Waals surface area contributed by atoms with Crippen molar-refractivity contribution in [3.63, 3.8) is 0 Å². The normalized spacial score (nSPS) is 13.3. The second kappa shape index (κ2) is 9.25. The molecule has 1 aliphatic heterocycles. The molecule has 28 heavy (non-hydrogen) atoms. The number of amides is 1. The van der Waals surface area contributed by atoms with E-state index >= 15 is 0 Å². The molecular formula is C20H27N5O3. The van der Waals surface area contributed by atoms with Gasteiger partial charge in [0, 0.05) is 37.8 Å². The zero-order valence-electron chi connectivity index (χ0n) is 16.6. The second-order valence-electron chi connectivity index (χ2n) is 6.61. The van der Waals surface area contributed by atoms with E-state index in [1.165, 1.54) is 12.8 Å². The summed E-state index contributed by atoms with van der Waals surface area (Å²) in [5.74, 6) is 3.42. The molecule has 0 atom stereocenters. The molecule has 2 heterocycles. The quantitative estimate of drug-likeness (QED) is 0.674. The number of carbonyl (C=O) groups is 1. The first-order valence-corrected chi connectivity index (χ1v) is 9.45. The van der Waals surface area contributed by atoms with Crippen LogP contribution < -0.4 is 25.0 Å². The monoisotopic (exact) mass is 385 g/mol. The molecular weight excluding hydrogens is 358 g/mol. The summed E-state index contributed by atoms with van der Waals surface area (Å²) < 4.78 is 10.4. The Morgan fingerprint density at radius 1 is 1.07 bits per heavy atom. The lowest BCUT2D eigenvalue weighted by Gasteiger charge is -2.18. The summed E-state index contributed by atoms with van der Waals surface area (Å²) in [5, 5.41) is 6.15. The molecule has 0 radical (unpaired) electrons. The number of nitrogens with zero attached hydrogens (tertiary/aromatic N) is 3. The van der Waals surface area contributed by atoms with E-state index in [1.54, 1.807) is 32.4 Å². The molecule has 1 saturated heterocycles. The number of methoxy groups -OCH3 is 2. The molecule has 0 bridgehead atoms. The standard InChI is InChI=1S/C20H27N5O3/c1-14-23-18(13-19(24-14)25-10-4-5-11-25)21-8-9-22-20(26)15-6-7-16(27-2)17(12-15)28-3/h6-7,12-13H,4-5,8-11H2,1-3H3,(H,22,26)(H,21,23,24). The average Bonchev–Trinajstić information content (AvgIpc) is 3.25. The van der Waals surface area contributed by atoms with Gasteiger partial charge in [-0.1, -0.05) is 0 Å². The fourth-order valence-corrected chi connectivity index (χ4v) is 3.20. The molecule has 8 heteroatoms. The summed E-state index contributed by atoms with van der Waals surface area (Å²) in [4.78, 5) is 23.6. The maximum absolute atomic E-state index is 12.3. The predicted octanol–water partition coefficient (Wildman–Crippen LogP) is 2.24. The summed E-state index contributed by atoms with van der Waals surface area (Å²) in [6.07, 6.45) is 2.40. The van der Waals surface area contributed by atoms with Gasteiger partial charge in [0.15, 0.2) is 11.5 Å². The lowest BCUT2D eigenvalue weighted by atomic mass is 10.2. The summed E-state index contributed by atoms with van der Waals surface area (Å²) in [7, 11) is 3.11. The van der Waals surface area contributed by atoms with Gasteiger partial charge in [-0.2, -0.15) is 0 Å². The third kappa shape index (κ3) is 4.82. The minimum Gasteiger partial charge on any atom is -0.493 e. The van der Waals surface area contributed by atoms with Gasteiger partial charge < -0.3 is 25.0 Å². The lowest BCUT2D eigenvalue weighted by molar-refractivity contribution is 0.0954. The highest BCUT2D eigenvalue weighted by Crippen LogP contribution is 2.27. The molecule has 1 aromatic carbocycles. The van der Waals surface area contributed by atoms with Crippen LogP contribution in [-0.2, 0) is 0 Å². The number of benzene rings is 1. The number of carbonyl (C=O) groups excluding carboxylic acids is 1. The summed E-state index contributed by atoms with van der Waals surface area (Å²) >= 11 is 0. The van der Waals surface area contributed by atoms with Crippen molar-refractivity contribution in [3.8, 4) is 11.5 Å². The van der Waals surface area contributed by atoms with Crippen molar-refractivity contribution < 1.29 is 14.3 Å². The summed E-state index contributed by atoms with van der Waals surface area (Å²) in [5.41, 5.74) is 0.520. The first-order chi connectivity index (χ1) is 13.6. The Morgan fingerprint density at radius 2 is 1.82 bits per heavy atom. The van der Waals surface area contributed by atoms with Crippen LogP contribution in [0.4, 0.5) is 11.6 Å². The zero-order chi connectivity index (χ0) is 19.9. The minimum atomic E-state index is -0.167. The van der Waals surface area contributed by atoms with Crippen LogP contribution >= 0.6 is 0 Å². The van der Waals surface area contributed by atoms with Crippen LogP contribution in [-0.4, -0.2) is 56.3 Å². The Morgan fingerprint density at radius 3 is 2.54 bits per heavy atom. The number of hydrogen-bond donors (Lipinski definition) is 2. The molecule has 1 aliphatic rings. The van der Waals surface area contributed by atoms with Crippen LogP contribution in [0.3, 0.4) is 0 Å². The third-order valence-electron chi connectivity index (χ3n) is 4.62. The van der Waals surface area contributed by atoms with E-state index in [2.05, 4.69) is 25.5 Å². The maximum atomic E-state index is 12.3. The number of ether oxygens (including phenoxy) is 2. The number of anilines is 2. The highest BCUT2D eigenvalue weighted by molar-refractivity contribution is 5.94. The Bertz CT molecular complexity index is 821. The number of aryl methyl sites for hydroxylation is 1. The van der Waals surface area contributed by atoms with Gasteiger partial charge in [-0.05, 0) is 38.0 Å². The van der Waals surface area contributed by atoms with Gasteiger partial charge in [0.1, 0.15) is 17.5 Å². The van der Waals surface area contributed by atoms with Gasteiger partial charge in [0.2, 0.25) is 0 Å². The van der Waals surface area contributed by atoms with Gasteiger partial charge >= 0.3 is 0 Å². The van der Waals surface area contributed by atoms with E-state index in [9.17, 15) is 4.79 Å². The van der Waals surface area contributed by atoms with Crippen LogP contribution in [0.2, 0.25) is 0 Å². The van der Waals surface area contributed by atoms with E-state index < -0.39 is 0 Å². The first kappa shape index (κ1) is 19.7. The SMILES string of the molecule is COc1ccc(C(=O)NCCNc2cc(N3CCCC3)nc(C)n2)cc1OC. The lowest BCUT2D eigenvalue weighted by Crippen LogP contribution is -2.29.